The summed E-state index contributed by atoms with van der Waals surface area (Å²) in [6.45, 7) is 4.04. The molecule has 0 aliphatic rings. The van der Waals surface area contributed by atoms with Gasteiger partial charge in [0.25, 0.3) is 0 Å². The molecule has 21 heavy (non-hydrogen) atoms. The predicted octanol–water partition coefficient (Wildman–Crippen LogP) is 4.03. The molecule has 3 heteroatoms. The molecule has 2 nitrogen and oxygen atoms in total. The molecular formula is C18H18FNO. The molecule has 1 N–H and O–H groups in total. The van der Waals surface area contributed by atoms with Gasteiger partial charge in [-0.25, -0.2) is 4.39 Å². The maximum atomic E-state index is 12.9. The van der Waals surface area contributed by atoms with Crippen LogP contribution in [-0.4, -0.2) is 12.5 Å². The van der Waals surface area contributed by atoms with E-state index >= 15 is 0 Å². The third-order valence-electron chi connectivity index (χ3n) is 3.28. The van der Waals surface area contributed by atoms with Gasteiger partial charge in [0.1, 0.15) is 5.82 Å². The van der Waals surface area contributed by atoms with Crippen LogP contribution in [-0.2, 0) is 4.79 Å². The van der Waals surface area contributed by atoms with Crippen molar-refractivity contribution in [3.8, 4) is 11.1 Å². The molecule has 0 saturated heterocycles. The Hall–Kier alpha value is -2.42. The molecule has 2 aromatic rings. The van der Waals surface area contributed by atoms with Crippen molar-refractivity contribution in [2.45, 2.75) is 13.8 Å². The van der Waals surface area contributed by atoms with Crippen molar-refractivity contribution in [2.24, 2.45) is 0 Å². The van der Waals surface area contributed by atoms with Gasteiger partial charge in [0, 0.05) is 13.5 Å². The van der Waals surface area contributed by atoms with E-state index in [1.165, 1.54) is 19.1 Å². The number of carbonyl (C=O) groups excluding carboxylic acids is 1. The second-order valence-corrected chi connectivity index (χ2v) is 4.91. The number of benzene rings is 2. The standard InChI is InChI=1S/C18H18FNO/c1-13(11-12-20-14(2)21)15-3-5-16(6-4-15)17-7-9-18(19)10-8-17/h3-11H,12H2,1-2H3,(H,20,21). The molecule has 0 spiro atoms. The Morgan fingerprint density at radius 2 is 1.52 bits per heavy atom. The molecule has 0 heterocycles. The lowest BCUT2D eigenvalue weighted by atomic mass is 10.0. The van der Waals surface area contributed by atoms with Gasteiger partial charge in [0.05, 0.1) is 0 Å². The smallest absolute Gasteiger partial charge is 0.217 e. The normalized spacial score (nSPS) is 11.3. The Balaban J connectivity index is 2.11. The van der Waals surface area contributed by atoms with Crippen LogP contribution in [0.15, 0.2) is 54.6 Å². The van der Waals surface area contributed by atoms with Gasteiger partial charge in [0.2, 0.25) is 5.91 Å². The van der Waals surface area contributed by atoms with Crippen molar-refractivity contribution in [3.63, 3.8) is 0 Å². The van der Waals surface area contributed by atoms with Crippen molar-refractivity contribution in [2.75, 3.05) is 6.54 Å². The molecule has 2 aromatic carbocycles. The summed E-state index contributed by atoms with van der Waals surface area (Å²) < 4.78 is 12.9. The van der Waals surface area contributed by atoms with E-state index in [9.17, 15) is 9.18 Å². The number of amides is 1. The van der Waals surface area contributed by atoms with Crippen LogP contribution in [0.25, 0.3) is 16.7 Å². The first kappa shape index (κ1) is 15.0. The molecule has 0 aliphatic carbocycles. The molecule has 1 amide bonds. The second-order valence-electron chi connectivity index (χ2n) is 4.91. The van der Waals surface area contributed by atoms with E-state index in [0.717, 1.165) is 22.3 Å². The van der Waals surface area contributed by atoms with Gasteiger partial charge >= 0.3 is 0 Å². The highest BCUT2D eigenvalue weighted by Crippen LogP contribution is 2.22. The first-order chi connectivity index (χ1) is 10.1. The van der Waals surface area contributed by atoms with Crippen LogP contribution in [0.5, 0.6) is 0 Å². The van der Waals surface area contributed by atoms with Crippen molar-refractivity contribution in [1.29, 1.82) is 0 Å². The van der Waals surface area contributed by atoms with E-state index in [1.54, 1.807) is 12.1 Å². The van der Waals surface area contributed by atoms with Gasteiger partial charge in [-0.2, -0.15) is 0 Å². The quantitative estimate of drug-likeness (QED) is 0.901. The van der Waals surface area contributed by atoms with Gasteiger partial charge < -0.3 is 5.32 Å². The van der Waals surface area contributed by atoms with Gasteiger partial charge in [-0.05, 0) is 41.3 Å². The van der Waals surface area contributed by atoms with Crippen LogP contribution in [0.4, 0.5) is 4.39 Å². The van der Waals surface area contributed by atoms with E-state index in [2.05, 4.69) is 5.32 Å². The lowest BCUT2D eigenvalue weighted by Gasteiger charge is -2.06. The highest BCUT2D eigenvalue weighted by Gasteiger charge is 2.00. The van der Waals surface area contributed by atoms with E-state index in [4.69, 9.17) is 0 Å². The summed E-state index contributed by atoms with van der Waals surface area (Å²) in [5.74, 6) is -0.266. The number of halogens is 1. The van der Waals surface area contributed by atoms with Gasteiger partial charge in [-0.15, -0.1) is 0 Å². The minimum atomic E-state index is -0.230. The Morgan fingerprint density at radius 1 is 1.00 bits per heavy atom. The SMILES string of the molecule is CC(=O)NCC=C(C)c1ccc(-c2ccc(F)cc2)cc1. The number of hydrogen-bond acceptors (Lipinski definition) is 1. The number of allylic oxidation sites excluding steroid dienone is 1. The van der Waals surface area contributed by atoms with Gasteiger partial charge in [0.15, 0.2) is 0 Å². The van der Waals surface area contributed by atoms with Crippen LogP contribution < -0.4 is 5.32 Å². The predicted molar refractivity (Wildman–Crippen MR) is 84.2 cm³/mol. The summed E-state index contributed by atoms with van der Waals surface area (Å²) in [5.41, 5.74) is 4.25. The molecule has 0 atom stereocenters. The van der Waals surface area contributed by atoms with Crippen LogP contribution in [0.3, 0.4) is 0 Å². The van der Waals surface area contributed by atoms with Crippen LogP contribution in [0.2, 0.25) is 0 Å². The molecule has 0 aliphatic heterocycles. The first-order valence-corrected chi connectivity index (χ1v) is 6.84. The monoisotopic (exact) mass is 283 g/mol. The average Bonchev–Trinajstić information content (AvgIpc) is 2.48. The number of rotatable bonds is 4. The summed E-state index contributed by atoms with van der Waals surface area (Å²) in [4.78, 5) is 10.8. The lowest BCUT2D eigenvalue weighted by Crippen LogP contribution is -2.19. The second kappa shape index (κ2) is 6.84. The average molecular weight is 283 g/mol. The van der Waals surface area contributed by atoms with Gasteiger partial charge in [-0.3, -0.25) is 4.79 Å². The summed E-state index contributed by atoms with van der Waals surface area (Å²) in [7, 11) is 0. The Kier molecular flexibility index (Phi) is 4.88. The van der Waals surface area contributed by atoms with E-state index in [1.807, 2.05) is 37.3 Å². The lowest BCUT2D eigenvalue weighted by molar-refractivity contribution is -0.118. The molecule has 0 radical (unpaired) electrons. The largest absolute Gasteiger partial charge is 0.353 e. The molecule has 2 rings (SSSR count). The third kappa shape index (κ3) is 4.28. The Bertz CT molecular complexity index is 642. The summed E-state index contributed by atoms with van der Waals surface area (Å²) >= 11 is 0. The molecule has 0 saturated carbocycles. The summed E-state index contributed by atoms with van der Waals surface area (Å²) in [5, 5.41) is 2.74. The maximum Gasteiger partial charge on any atom is 0.217 e. The fourth-order valence-electron chi connectivity index (χ4n) is 2.03. The Morgan fingerprint density at radius 3 is 2.05 bits per heavy atom. The van der Waals surface area contributed by atoms with Crippen molar-refractivity contribution in [1.82, 2.24) is 5.32 Å². The summed E-state index contributed by atoms with van der Waals surface area (Å²) in [6.07, 6.45) is 1.98. The minimum Gasteiger partial charge on any atom is -0.353 e. The molecule has 0 bridgehead atoms. The molecule has 108 valence electrons. The maximum absolute atomic E-state index is 12.9. The highest BCUT2D eigenvalue weighted by molar-refractivity contribution is 5.74. The molecule has 0 aromatic heterocycles. The highest BCUT2D eigenvalue weighted by atomic mass is 19.1. The zero-order valence-electron chi connectivity index (χ0n) is 12.2. The van der Waals surface area contributed by atoms with Crippen molar-refractivity contribution < 1.29 is 9.18 Å². The molecular weight excluding hydrogens is 265 g/mol. The van der Waals surface area contributed by atoms with E-state index in [0.29, 0.717) is 6.54 Å². The molecule has 0 fully saturated rings. The van der Waals surface area contributed by atoms with E-state index in [-0.39, 0.29) is 11.7 Å². The van der Waals surface area contributed by atoms with Crippen LogP contribution >= 0.6 is 0 Å². The zero-order valence-corrected chi connectivity index (χ0v) is 12.2. The topological polar surface area (TPSA) is 29.1 Å². The molecule has 0 unspecified atom stereocenters. The van der Waals surface area contributed by atoms with Crippen LogP contribution in [0, 0.1) is 5.82 Å². The summed E-state index contributed by atoms with van der Waals surface area (Å²) in [6, 6.07) is 14.5. The zero-order chi connectivity index (χ0) is 15.2. The fraction of sp³-hybridized carbons (Fsp3) is 0.167. The van der Waals surface area contributed by atoms with Gasteiger partial charge in [-0.1, -0.05) is 42.5 Å². The minimum absolute atomic E-state index is 0.0364. The number of carbonyl (C=O) groups is 1. The van der Waals surface area contributed by atoms with Crippen molar-refractivity contribution >= 4 is 11.5 Å². The fourth-order valence-corrected chi connectivity index (χ4v) is 2.03. The van der Waals surface area contributed by atoms with Crippen LogP contribution in [0.1, 0.15) is 19.4 Å². The number of nitrogens with one attached hydrogen (secondary N) is 1. The number of hydrogen-bond donors (Lipinski definition) is 1. The van der Waals surface area contributed by atoms with E-state index < -0.39 is 0 Å². The van der Waals surface area contributed by atoms with Crippen molar-refractivity contribution in [3.05, 3.63) is 66.0 Å². The third-order valence-corrected chi connectivity index (χ3v) is 3.28. The first-order valence-electron chi connectivity index (χ1n) is 6.84. The Labute approximate surface area is 124 Å².